The van der Waals surface area contributed by atoms with E-state index in [4.69, 9.17) is 10.2 Å². The van der Waals surface area contributed by atoms with E-state index < -0.39 is 22.8 Å². The molecule has 0 saturated heterocycles. The molecule has 0 aromatic carbocycles. The van der Waals surface area contributed by atoms with Gasteiger partial charge in [0, 0.05) is 0 Å². The van der Waals surface area contributed by atoms with Crippen LogP contribution in [0.1, 0.15) is 6.92 Å². The standard InChI is InChI=1S/C5H12O6S/c1-2-12(8,9)11-10-4-5(7)3-6/h5-7H,2-4H2,1H3. The molecule has 1 atom stereocenters. The van der Waals surface area contributed by atoms with E-state index in [1.54, 1.807) is 0 Å². The van der Waals surface area contributed by atoms with Gasteiger partial charge < -0.3 is 10.2 Å². The molecule has 0 radical (unpaired) electrons. The summed E-state index contributed by atoms with van der Waals surface area (Å²) in [5.41, 5.74) is 0. The van der Waals surface area contributed by atoms with Crippen LogP contribution in [0.3, 0.4) is 0 Å². The lowest BCUT2D eigenvalue weighted by atomic mass is 10.4. The van der Waals surface area contributed by atoms with Crippen molar-refractivity contribution in [3.63, 3.8) is 0 Å². The molecule has 0 bridgehead atoms. The fourth-order valence-electron chi connectivity index (χ4n) is 0.280. The predicted molar refractivity (Wildman–Crippen MR) is 39.6 cm³/mol. The zero-order valence-electron chi connectivity index (χ0n) is 6.63. The maximum Gasteiger partial charge on any atom is 0.293 e. The molecule has 6 nitrogen and oxygen atoms in total. The van der Waals surface area contributed by atoms with Crippen LogP contribution in [-0.2, 0) is 19.3 Å². The van der Waals surface area contributed by atoms with Gasteiger partial charge in [0.15, 0.2) is 0 Å². The lowest BCUT2D eigenvalue weighted by Crippen LogP contribution is -2.21. The number of hydrogen-bond donors (Lipinski definition) is 2. The van der Waals surface area contributed by atoms with E-state index in [-0.39, 0.29) is 12.4 Å². The van der Waals surface area contributed by atoms with E-state index in [1.807, 2.05) is 0 Å². The van der Waals surface area contributed by atoms with Gasteiger partial charge in [0.25, 0.3) is 10.1 Å². The number of hydrogen-bond acceptors (Lipinski definition) is 6. The van der Waals surface area contributed by atoms with Gasteiger partial charge in [-0.3, -0.25) is 0 Å². The molecule has 0 spiro atoms. The first-order valence-corrected chi connectivity index (χ1v) is 4.92. The first kappa shape index (κ1) is 11.8. The van der Waals surface area contributed by atoms with Gasteiger partial charge >= 0.3 is 0 Å². The van der Waals surface area contributed by atoms with Gasteiger partial charge in [-0.05, 0) is 6.92 Å². The van der Waals surface area contributed by atoms with Crippen LogP contribution in [-0.4, -0.2) is 43.7 Å². The Morgan fingerprint density at radius 3 is 2.50 bits per heavy atom. The molecule has 0 aromatic rings. The van der Waals surface area contributed by atoms with Crippen LogP contribution in [0.5, 0.6) is 0 Å². The van der Waals surface area contributed by atoms with Crippen LogP contribution in [0, 0.1) is 0 Å². The Bertz CT molecular complexity index is 198. The van der Waals surface area contributed by atoms with Crippen molar-refractivity contribution < 1.29 is 27.9 Å². The average Bonchev–Trinajstić information content (AvgIpc) is 2.04. The monoisotopic (exact) mass is 200 g/mol. The van der Waals surface area contributed by atoms with Gasteiger partial charge in [-0.25, -0.2) is 4.89 Å². The van der Waals surface area contributed by atoms with Crippen molar-refractivity contribution in [2.75, 3.05) is 19.0 Å². The molecule has 1 unspecified atom stereocenters. The Morgan fingerprint density at radius 2 is 2.08 bits per heavy atom. The molecule has 0 amide bonds. The summed E-state index contributed by atoms with van der Waals surface area (Å²) in [7, 11) is -3.64. The first-order chi connectivity index (χ1) is 5.52. The molecule has 7 heteroatoms. The van der Waals surface area contributed by atoms with Crippen molar-refractivity contribution in [2.45, 2.75) is 13.0 Å². The van der Waals surface area contributed by atoms with E-state index >= 15 is 0 Å². The predicted octanol–water partition coefficient (Wildman–Crippen LogP) is -1.36. The Kier molecular flexibility index (Phi) is 5.34. The molecule has 0 fully saturated rings. The van der Waals surface area contributed by atoms with Crippen LogP contribution < -0.4 is 0 Å². The highest BCUT2D eigenvalue weighted by Crippen LogP contribution is 1.94. The summed E-state index contributed by atoms with van der Waals surface area (Å²) in [4.78, 5) is 4.14. The minimum atomic E-state index is -3.64. The van der Waals surface area contributed by atoms with E-state index in [2.05, 4.69) is 9.22 Å². The van der Waals surface area contributed by atoms with Crippen molar-refractivity contribution in [3.8, 4) is 0 Å². The molecule has 0 heterocycles. The first-order valence-electron chi connectivity index (χ1n) is 3.34. The maximum atomic E-state index is 10.6. The van der Waals surface area contributed by atoms with Gasteiger partial charge in [-0.2, -0.15) is 8.42 Å². The van der Waals surface area contributed by atoms with Gasteiger partial charge in [0.1, 0.15) is 12.7 Å². The van der Waals surface area contributed by atoms with Crippen molar-refractivity contribution in [3.05, 3.63) is 0 Å². The maximum absolute atomic E-state index is 10.6. The summed E-state index contributed by atoms with van der Waals surface area (Å²) < 4.78 is 25.1. The molecule has 0 aliphatic heterocycles. The second kappa shape index (κ2) is 5.44. The minimum Gasteiger partial charge on any atom is -0.394 e. The molecular formula is C5H12O6S. The Hall–Kier alpha value is -0.210. The van der Waals surface area contributed by atoms with Crippen LogP contribution in [0.25, 0.3) is 0 Å². The molecule has 0 aromatic heterocycles. The van der Waals surface area contributed by atoms with Crippen molar-refractivity contribution in [1.82, 2.24) is 0 Å². The van der Waals surface area contributed by atoms with Crippen LogP contribution >= 0.6 is 0 Å². The Balaban J connectivity index is 3.57. The van der Waals surface area contributed by atoms with Crippen molar-refractivity contribution in [2.24, 2.45) is 0 Å². The summed E-state index contributed by atoms with van der Waals surface area (Å²) in [6, 6.07) is 0. The average molecular weight is 200 g/mol. The number of aliphatic hydroxyl groups excluding tert-OH is 2. The lowest BCUT2D eigenvalue weighted by Gasteiger charge is -2.05. The highest BCUT2D eigenvalue weighted by molar-refractivity contribution is 7.86. The quantitative estimate of drug-likeness (QED) is 0.406. The van der Waals surface area contributed by atoms with Gasteiger partial charge in [0.05, 0.1) is 12.4 Å². The summed E-state index contributed by atoms with van der Waals surface area (Å²) in [6.07, 6.45) is -1.13. The second-order valence-electron chi connectivity index (χ2n) is 2.04. The van der Waals surface area contributed by atoms with E-state index in [1.165, 1.54) is 6.92 Å². The number of aliphatic hydroxyl groups is 2. The van der Waals surface area contributed by atoms with Gasteiger partial charge in [-0.1, -0.05) is 0 Å². The van der Waals surface area contributed by atoms with Crippen LogP contribution in [0.15, 0.2) is 0 Å². The fraction of sp³-hybridized carbons (Fsp3) is 1.00. The molecule has 0 aliphatic carbocycles. The second-order valence-corrected chi connectivity index (χ2v) is 3.86. The van der Waals surface area contributed by atoms with E-state index in [9.17, 15) is 8.42 Å². The van der Waals surface area contributed by atoms with Crippen LogP contribution in [0.2, 0.25) is 0 Å². The third-order valence-corrected chi connectivity index (χ3v) is 1.99. The minimum absolute atomic E-state index is 0.206. The third kappa shape index (κ3) is 5.44. The van der Waals surface area contributed by atoms with Crippen molar-refractivity contribution in [1.29, 1.82) is 0 Å². The SMILES string of the molecule is CCS(=O)(=O)OOCC(O)CO. The summed E-state index contributed by atoms with van der Waals surface area (Å²) in [5, 5.41) is 17.0. The highest BCUT2D eigenvalue weighted by atomic mass is 32.2. The Labute approximate surface area is 70.8 Å². The highest BCUT2D eigenvalue weighted by Gasteiger charge is 2.10. The van der Waals surface area contributed by atoms with E-state index in [0.717, 1.165) is 0 Å². The normalized spacial score (nSPS) is 14.6. The largest absolute Gasteiger partial charge is 0.394 e. The fourth-order valence-corrected chi connectivity index (χ4v) is 0.579. The zero-order valence-corrected chi connectivity index (χ0v) is 7.45. The summed E-state index contributed by atoms with van der Waals surface area (Å²) >= 11 is 0. The summed E-state index contributed by atoms with van der Waals surface area (Å²) in [6.45, 7) is 0.506. The van der Waals surface area contributed by atoms with E-state index in [0.29, 0.717) is 0 Å². The molecular weight excluding hydrogens is 188 g/mol. The van der Waals surface area contributed by atoms with Crippen molar-refractivity contribution >= 4 is 10.1 Å². The smallest absolute Gasteiger partial charge is 0.293 e. The molecule has 0 saturated carbocycles. The molecule has 12 heavy (non-hydrogen) atoms. The Morgan fingerprint density at radius 1 is 1.50 bits per heavy atom. The zero-order chi connectivity index (χ0) is 9.61. The molecule has 74 valence electrons. The molecule has 0 rings (SSSR count). The van der Waals surface area contributed by atoms with Gasteiger partial charge in [0.2, 0.25) is 0 Å². The third-order valence-electron chi connectivity index (χ3n) is 0.977. The molecule has 0 aliphatic rings. The summed E-state index contributed by atoms with van der Waals surface area (Å²) in [5.74, 6) is -0.206. The van der Waals surface area contributed by atoms with Gasteiger partial charge in [-0.15, -0.1) is 4.33 Å². The molecule has 2 N–H and O–H groups in total. The lowest BCUT2D eigenvalue weighted by molar-refractivity contribution is -0.221. The number of rotatable bonds is 6. The van der Waals surface area contributed by atoms with Crippen LogP contribution in [0.4, 0.5) is 0 Å². The topological polar surface area (TPSA) is 93.1 Å².